The molecule has 0 heterocycles. The zero-order chi connectivity index (χ0) is 17.0. The molecule has 0 aromatic heterocycles. The molecule has 7 heteroatoms. The van der Waals surface area contributed by atoms with Gasteiger partial charge in [0.1, 0.15) is 0 Å². The smallest absolute Gasteiger partial charge is 0.248 e. The van der Waals surface area contributed by atoms with E-state index in [9.17, 15) is 13.2 Å². The molecule has 0 radical (unpaired) electrons. The lowest BCUT2D eigenvalue weighted by Gasteiger charge is -2.05. The minimum absolute atomic E-state index is 0.136. The minimum atomic E-state index is -3.33. The van der Waals surface area contributed by atoms with Gasteiger partial charge < -0.3 is 5.32 Å². The lowest BCUT2D eigenvalue weighted by molar-refractivity contribution is -0.111. The van der Waals surface area contributed by atoms with Gasteiger partial charge in [-0.15, -0.1) is 0 Å². The highest BCUT2D eigenvalue weighted by Gasteiger charge is 2.08. The van der Waals surface area contributed by atoms with Crippen LogP contribution in [0, 0.1) is 0 Å². The Kier molecular flexibility index (Phi) is 5.46. The van der Waals surface area contributed by atoms with Crippen molar-refractivity contribution >= 4 is 50.7 Å². The summed E-state index contributed by atoms with van der Waals surface area (Å²) in [5.74, 6) is -0.410. The van der Waals surface area contributed by atoms with Crippen molar-refractivity contribution in [3.05, 3.63) is 64.1 Å². The molecule has 0 saturated heterocycles. The van der Waals surface area contributed by atoms with Crippen LogP contribution in [0.2, 0.25) is 10.0 Å². The molecular weight excluding hydrogens is 357 g/mol. The third kappa shape index (κ3) is 4.82. The van der Waals surface area contributed by atoms with Gasteiger partial charge in [-0.1, -0.05) is 41.4 Å². The Hall–Kier alpha value is -1.82. The van der Waals surface area contributed by atoms with Gasteiger partial charge in [0.05, 0.1) is 14.9 Å². The van der Waals surface area contributed by atoms with Crippen LogP contribution in [-0.2, 0) is 14.6 Å². The van der Waals surface area contributed by atoms with Gasteiger partial charge in [0.15, 0.2) is 9.84 Å². The molecule has 1 N–H and O–H groups in total. The van der Waals surface area contributed by atoms with E-state index in [4.69, 9.17) is 23.2 Å². The molecule has 0 bridgehead atoms. The molecule has 0 fully saturated rings. The number of carbonyl (C=O) groups is 1. The number of rotatable bonds is 4. The lowest BCUT2D eigenvalue weighted by Crippen LogP contribution is -2.08. The van der Waals surface area contributed by atoms with Gasteiger partial charge in [-0.25, -0.2) is 8.42 Å². The Morgan fingerprint density at radius 1 is 1.13 bits per heavy atom. The van der Waals surface area contributed by atoms with E-state index in [1.165, 1.54) is 24.3 Å². The molecule has 0 atom stereocenters. The summed E-state index contributed by atoms with van der Waals surface area (Å²) in [6.45, 7) is 0. The summed E-state index contributed by atoms with van der Waals surface area (Å²) >= 11 is 11.9. The Labute approximate surface area is 144 Å². The monoisotopic (exact) mass is 369 g/mol. The van der Waals surface area contributed by atoms with E-state index in [1.807, 2.05) is 0 Å². The van der Waals surface area contributed by atoms with Gasteiger partial charge in [0, 0.05) is 18.0 Å². The second kappa shape index (κ2) is 7.17. The zero-order valence-electron chi connectivity index (χ0n) is 12.1. The predicted molar refractivity (Wildman–Crippen MR) is 93.7 cm³/mol. The van der Waals surface area contributed by atoms with Crippen LogP contribution in [0.15, 0.2) is 53.4 Å². The minimum Gasteiger partial charge on any atom is -0.322 e. The van der Waals surface area contributed by atoms with Crippen molar-refractivity contribution < 1.29 is 13.2 Å². The molecule has 0 aliphatic rings. The van der Waals surface area contributed by atoms with Crippen LogP contribution >= 0.6 is 23.2 Å². The summed E-state index contributed by atoms with van der Waals surface area (Å²) in [4.78, 5) is 12.1. The number of sulfone groups is 1. The molecule has 23 heavy (non-hydrogen) atoms. The first-order chi connectivity index (χ1) is 10.8. The van der Waals surface area contributed by atoms with E-state index >= 15 is 0 Å². The lowest BCUT2D eigenvalue weighted by atomic mass is 10.2. The molecule has 0 spiro atoms. The van der Waals surface area contributed by atoms with Crippen LogP contribution in [0.25, 0.3) is 6.08 Å². The van der Waals surface area contributed by atoms with Gasteiger partial charge in [-0.2, -0.15) is 0 Å². The predicted octanol–water partition coefficient (Wildman–Crippen LogP) is 4.05. The Balaban J connectivity index is 2.14. The van der Waals surface area contributed by atoms with Crippen LogP contribution < -0.4 is 5.32 Å². The maximum absolute atomic E-state index is 11.9. The van der Waals surface area contributed by atoms with Crippen LogP contribution in [0.4, 0.5) is 5.69 Å². The molecule has 4 nitrogen and oxygen atoms in total. The Morgan fingerprint density at radius 3 is 2.52 bits per heavy atom. The summed E-state index contributed by atoms with van der Waals surface area (Å²) < 4.78 is 23.0. The van der Waals surface area contributed by atoms with Crippen molar-refractivity contribution in [2.75, 3.05) is 11.6 Å². The number of amides is 1. The molecule has 0 saturated carbocycles. The number of anilines is 1. The Morgan fingerprint density at radius 2 is 1.83 bits per heavy atom. The fourth-order valence-corrected chi connectivity index (χ4v) is 2.84. The van der Waals surface area contributed by atoms with Crippen LogP contribution in [0.1, 0.15) is 5.56 Å². The first kappa shape index (κ1) is 17.5. The van der Waals surface area contributed by atoms with Crippen molar-refractivity contribution in [3.8, 4) is 0 Å². The third-order valence-electron chi connectivity index (χ3n) is 2.93. The molecule has 0 aliphatic carbocycles. The van der Waals surface area contributed by atoms with Crippen molar-refractivity contribution in [1.82, 2.24) is 0 Å². The average molecular weight is 370 g/mol. The highest BCUT2D eigenvalue weighted by atomic mass is 35.5. The second-order valence-corrected chi connectivity index (χ2v) is 7.57. The summed E-state index contributed by atoms with van der Waals surface area (Å²) in [5.41, 5.74) is 0.999. The normalized spacial score (nSPS) is 11.6. The van der Waals surface area contributed by atoms with Crippen LogP contribution in [0.3, 0.4) is 0 Å². The fourth-order valence-electron chi connectivity index (χ4n) is 1.80. The first-order valence-corrected chi connectivity index (χ1v) is 9.15. The van der Waals surface area contributed by atoms with E-state index in [-0.39, 0.29) is 4.90 Å². The van der Waals surface area contributed by atoms with Crippen LogP contribution in [0.5, 0.6) is 0 Å². The van der Waals surface area contributed by atoms with Gasteiger partial charge in [0.2, 0.25) is 5.91 Å². The quantitative estimate of drug-likeness (QED) is 0.826. The SMILES string of the molecule is CS(=O)(=O)c1cccc(NC(=O)/C=C/c2cccc(Cl)c2Cl)c1. The summed E-state index contributed by atoms with van der Waals surface area (Å²) in [6, 6.07) is 11.1. The maximum atomic E-state index is 11.9. The number of carbonyl (C=O) groups excluding carboxylic acids is 1. The molecule has 1 amide bonds. The van der Waals surface area contributed by atoms with Crippen molar-refractivity contribution in [2.45, 2.75) is 4.90 Å². The summed E-state index contributed by atoms with van der Waals surface area (Å²) in [7, 11) is -3.33. The maximum Gasteiger partial charge on any atom is 0.248 e. The fraction of sp³-hybridized carbons (Fsp3) is 0.0625. The molecule has 2 aromatic rings. The van der Waals surface area contributed by atoms with Gasteiger partial charge >= 0.3 is 0 Å². The number of benzene rings is 2. The standard InChI is InChI=1S/C16H13Cl2NO3S/c1-23(21,22)13-6-3-5-12(10-13)19-15(20)9-8-11-4-2-7-14(17)16(11)18/h2-10H,1H3,(H,19,20)/b9-8+. The topological polar surface area (TPSA) is 63.2 Å². The number of hydrogen-bond donors (Lipinski definition) is 1. The molecule has 2 aromatic carbocycles. The van der Waals surface area contributed by atoms with Gasteiger partial charge in [-0.3, -0.25) is 4.79 Å². The summed E-state index contributed by atoms with van der Waals surface area (Å²) in [5, 5.41) is 3.35. The molecule has 0 unspecified atom stereocenters. The van der Waals surface area contributed by atoms with E-state index in [2.05, 4.69) is 5.32 Å². The largest absolute Gasteiger partial charge is 0.322 e. The Bertz CT molecular complexity index is 877. The van der Waals surface area contributed by atoms with Crippen molar-refractivity contribution in [2.24, 2.45) is 0 Å². The second-order valence-electron chi connectivity index (χ2n) is 4.77. The van der Waals surface area contributed by atoms with E-state index in [0.717, 1.165) is 6.26 Å². The molecular formula is C16H13Cl2NO3S. The number of halogens is 2. The summed E-state index contributed by atoms with van der Waals surface area (Å²) in [6.07, 6.45) is 3.93. The van der Waals surface area contributed by atoms with Crippen molar-refractivity contribution in [1.29, 1.82) is 0 Å². The van der Waals surface area contributed by atoms with E-state index in [0.29, 0.717) is 21.3 Å². The highest BCUT2D eigenvalue weighted by molar-refractivity contribution is 7.90. The average Bonchev–Trinajstić information content (AvgIpc) is 2.48. The first-order valence-electron chi connectivity index (χ1n) is 6.50. The van der Waals surface area contributed by atoms with Crippen molar-refractivity contribution in [3.63, 3.8) is 0 Å². The zero-order valence-corrected chi connectivity index (χ0v) is 14.4. The van der Waals surface area contributed by atoms with Gasteiger partial charge in [-0.05, 0) is 35.9 Å². The van der Waals surface area contributed by atoms with Gasteiger partial charge in [0.25, 0.3) is 0 Å². The molecule has 0 aliphatic heterocycles. The van der Waals surface area contributed by atoms with E-state index < -0.39 is 15.7 Å². The third-order valence-corrected chi connectivity index (χ3v) is 4.87. The molecule has 2 rings (SSSR count). The van der Waals surface area contributed by atoms with E-state index in [1.54, 1.807) is 30.3 Å². The number of nitrogens with one attached hydrogen (secondary N) is 1. The molecule has 120 valence electrons. The van der Waals surface area contributed by atoms with Crippen LogP contribution in [-0.4, -0.2) is 20.6 Å². The number of hydrogen-bond acceptors (Lipinski definition) is 3. The highest BCUT2D eigenvalue weighted by Crippen LogP contribution is 2.26.